The van der Waals surface area contributed by atoms with E-state index in [0.717, 1.165) is 0 Å². The van der Waals surface area contributed by atoms with Crippen molar-refractivity contribution in [2.75, 3.05) is 6.54 Å². The molecule has 0 spiro atoms. The lowest BCUT2D eigenvalue weighted by atomic mass is 9.84. The van der Waals surface area contributed by atoms with Crippen molar-refractivity contribution in [3.63, 3.8) is 0 Å². The Kier molecular flexibility index (Phi) is 3.98. The van der Waals surface area contributed by atoms with Crippen molar-refractivity contribution < 1.29 is 14.3 Å². The van der Waals surface area contributed by atoms with E-state index in [4.69, 9.17) is 16.7 Å². The number of carbonyl (C=O) groups is 1. The van der Waals surface area contributed by atoms with Crippen LogP contribution in [0, 0.1) is 12.7 Å². The summed E-state index contributed by atoms with van der Waals surface area (Å²) in [5.74, 6) is -0.340. The predicted octanol–water partition coefficient (Wildman–Crippen LogP) is 3.33. The SMILES string of the molecule is Cc1cc(Cl)c(C(C)(C)CNC(=O)O)cc1F. The van der Waals surface area contributed by atoms with Gasteiger partial charge in [0, 0.05) is 17.0 Å². The lowest BCUT2D eigenvalue weighted by Gasteiger charge is -2.26. The standard InChI is InChI=1S/C12H15ClFNO2/c1-7-4-9(13)8(5-10(7)14)12(2,3)6-15-11(16)17/h4-5,15H,6H2,1-3H3,(H,16,17). The second kappa shape index (κ2) is 4.92. The number of nitrogens with one attached hydrogen (secondary N) is 1. The van der Waals surface area contributed by atoms with Crippen LogP contribution in [0.5, 0.6) is 0 Å². The number of carboxylic acid groups (broad SMARTS) is 1. The van der Waals surface area contributed by atoms with Gasteiger partial charge in [-0.15, -0.1) is 0 Å². The Balaban J connectivity index is 3.05. The molecule has 0 fully saturated rings. The van der Waals surface area contributed by atoms with Crippen molar-refractivity contribution in [1.82, 2.24) is 5.32 Å². The van der Waals surface area contributed by atoms with Gasteiger partial charge in [-0.1, -0.05) is 25.4 Å². The summed E-state index contributed by atoms with van der Waals surface area (Å²) in [6.45, 7) is 5.41. The Labute approximate surface area is 105 Å². The second-order valence-corrected chi connectivity index (χ2v) is 5.03. The molecule has 1 aromatic carbocycles. The highest BCUT2D eigenvalue weighted by molar-refractivity contribution is 6.31. The average Bonchev–Trinajstić information content (AvgIpc) is 2.20. The van der Waals surface area contributed by atoms with Crippen LogP contribution in [0.4, 0.5) is 9.18 Å². The van der Waals surface area contributed by atoms with Crippen molar-refractivity contribution in [3.05, 3.63) is 34.1 Å². The fourth-order valence-corrected chi connectivity index (χ4v) is 2.03. The van der Waals surface area contributed by atoms with Crippen LogP contribution in [0.2, 0.25) is 5.02 Å². The van der Waals surface area contributed by atoms with Gasteiger partial charge in [0.2, 0.25) is 0 Å². The third-order valence-electron chi connectivity index (χ3n) is 2.66. The fourth-order valence-electron chi connectivity index (χ4n) is 1.56. The predicted molar refractivity (Wildman–Crippen MR) is 65.2 cm³/mol. The third kappa shape index (κ3) is 3.33. The van der Waals surface area contributed by atoms with Crippen LogP contribution in [-0.2, 0) is 5.41 Å². The zero-order valence-corrected chi connectivity index (χ0v) is 10.7. The number of hydrogen-bond acceptors (Lipinski definition) is 1. The Bertz CT molecular complexity index is 446. The molecule has 1 aromatic rings. The quantitative estimate of drug-likeness (QED) is 0.875. The monoisotopic (exact) mass is 259 g/mol. The summed E-state index contributed by atoms with van der Waals surface area (Å²) in [6.07, 6.45) is -1.11. The highest BCUT2D eigenvalue weighted by Crippen LogP contribution is 2.31. The molecule has 0 radical (unpaired) electrons. The van der Waals surface area contributed by atoms with Gasteiger partial charge in [0.15, 0.2) is 0 Å². The summed E-state index contributed by atoms with van der Waals surface area (Å²) in [7, 11) is 0. The minimum atomic E-state index is -1.11. The van der Waals surface area contributed by atoms with Crippen LogP contribution in [0.3, 0.4) is 0 Å². The van der Waals surface area contributed by atoms with Gasteiger partial charge in [-0.05, 0) is 30.2 Å². The van der Waals surface area contributed by atoms with Crippen LogP contribution in [-0.4, -0.2) is 17.7 Å². The van der Waals surface area contributed by atoms with E-state index >= 15 is 0 Å². The first kappa shape index (κ1) is 13.8. The number of aryl methyl sites for hydroxylation is 1. The van der Waals surface area contributed by atoms with Crippen molar-refractivity contribution in [2.45, 2.75) is 26.2 Å². The van der Waals surface area contributed by atoms with Gasteiger partial charge in [0.05, 0.1) is 0 Å². The second-order valence-electron chi connectivity index (χ2n) is 4.62. The molecule has 3 nitrogen and oxygen atoms in total. The molecule has 0 bridgehead atoms. The van der Waals surface area contributed by atoms with Crippen LogP contribution < -0.4 is 5.32 Å². The first-order chi connectivity index (χ1) is 7.74. The Morgan fingerprint density at radius 1 is 1.53 bits per heavy atom. The molecule has 0 saturated carbocycles. The average molecular weight is 260 g/mol. The molecule has 0 aliphatic rings. The van der Waals surface area contributed by atoms with Gasteiger partial charge in [0.1, 0.15) is 5.82 Å². The maximum absolute atomic E-state index is 13.5. The maximum Gasteiger partial charge on any atom is 0.404 e. The lowest BCUT2D eigenvalue weighted by molar-refractivity contribution is 0.192. The molecule has 5 heteroatoms. The summed E-state index contributed by atoms with van der Waals surface area (Å²) < 4.78 is 13.5. The smallest absolute Gasteiger partial charge is 0.404 e. The summed E-state index contributed by atoms with van der Waals surface area (Å²) >= 11 is 6.06. The normalized spacial score (nSPS) is 11.4. The molecule has 0 aromatic heterocycles. The van der Waals surface area contributed by atoms with E-state index in [0.29, 0.717) is 16.1 Å². The van der Waals surface area contributed by atoms with E-state index in [2.05, 4.69) is 5.32 Å². The third-order valence-corrected chi connectivity index (χ3v) is 2.97. The topological polar surface area (TPSA) is 49.3 Å². The van der Waals surface area contributed by atoms with Gasteiger partial charge in [-0.25, -0.2) is 9.18 Å². The molecule has 94 valence electrons. The Morgan fingerprint density at radius 3 is 2.65 bits per heavy atom. The van der Waals surface area contributed by atoms with Gasteiger partial charge >= 0.3 is 6.09 Å². The minimum Gasteiger partial charge on any atom is -0.465 e. The van der Waals surface area contributed by atoms with E-state index < -0.39 is 11.5 Å². The van der Waals surface area contributed by atoms with E-state index in [9.17, 15) is 9.18 Å². The zero-order chi connectivity index (χ0) is 13.2. The lowest BCUT2D eigenvalue weighted by Crippen LogP contribution is -2.36. The molecule has 1 rings (SSSR count). The van der Waals surface area contributed by atoms with Crippen molar-refractivity contribution in [2.24, 2.45) is 0 Å². The fraction of sp³-hybridized carbons (Fsp3) is 0.417. The van der Waals surface area contributed by atoms with Gasteiger partial charge < -0.3 is 10.4 Å². The summed E-state index contributed by atoms with van der Waals surface area (Å²) in [4.78, 5) is 10.5. The van der Waals surface area contributed by atoms with Crippen LogP contribution in [0.15, 0.2) is 12.1 Å². The molecule has 2 N–H and O–H groups in total. The summed E-state index contributed by atoms with van der Waals surface area (Å²) in [5.41, 5.74) is 0.501. The molecule has 0 saturated heterocycles. The van der Waals surface area contributed by atoms with E-state index in [-0.39, 0.29) is 12.4 Å². The van der Waals surface area contributed by atoms with Crippen LogP contribution in [0.25, 0.3) is 0 Å². The van der Waals surface area contributed by atoms with Crippen LogP contribution >= 0.6 is 11.6 Å². The molecule has 1 amide bonds. The summed E-state index contributed by atoms with van der Waals surface area (Å²) in [6, 6.07) is 2.91. The molecular weight excluding hydrogens is 245 g/mol. The van der Waals surface area contributed by atoms with E-state index in [1.165, 1.54) is 6.07 Å². The number of hydrogen-bond donors (Lipinski definition) is 2. The number of rotatable bonds is 3. The maximum atomic E-state index is 13.5. The molecule has 0 unspecified atom stereocenters. The van der Waals surface area contributed by atoms with Crippen molar-refractivity contribution in [3.8, 4) is 0 Å². The van der Waals surface area contributed by atoms with Crippen molar-refractivity contribution in [1.29, 1.82) is 0 Å². The highest BCUT2D eigenvalue weighted by Gasteiger charge is 2.25. The first-order valence-corrected chi connectivity index (χ1v) is 5.55. The number of benzene rings is 1. The molecule has 0 heterocycles. The first-order valence-electron chi connectivity index (χ1n) is 5.17. The largest absolute Gasteiger partial charge is 0.465 e. The molecule has 17 heavy (non-hydrogen) atoms. The Morgan fingerprint density at radius 2 is 2.12 bits per heavy atom. The van der Waals surface area contributed by atoms with Gasteiger partial charge in [0.25, 0.3) is 0 Å². The molecular formula is C12H15ClFNO2. The zero-order valence-electron chi connectivity index (χ0n) is 9.97. The van der Waals surface area contributed by atoms with E-state index in [1.54, 1.807) is 26.8 Å². The van der Waals surface area contributed by atoms with Crippen molar-refractivity contribution >= 4 is 17.7 Å². The van der Waals surface area contributed by atoms with Crippen LogP contribution in [0.1, 0.15) is 25.0 Å². The van der Waals surface area contributed by atoms with Gasteiger partial charge in [-0.2, -0.15) is 0 Å². The van der Waals surface area contributed by atoms with E-state index in [1.807, 2.05) is 0 Å². The molecule has 0 atom stereocenters. The molecule has 0 aliphatic carbocycles. The van der Waals surface area contributed by atoms with Gasteiger partial charge in [-0.3, -0.25) is 0 Å². The highest BCUT2D eigenvalue weighted by atomic mass is 35.5. The number of halogens is 2. The summed E-state index contributed by atoms with van der Waals surface area (Å²) in [5, 5.41) is 11.3. The number of amides is 1. The molecule has 0 aliphatic heterocycles. The minimum absolute atomic E-state index is 0.171. The Hall–Kier alpha value is -1.29.